The minimum atomic E-state index is 0.0925. The number of carbonyl (C=O) groups excluding carboxylic acids is 1. The number of nitrogens with zero attached hydrogens (tertiary/aromatic N) is 4. The first-order valence-corrected chi connectivity index (χ1v) is 10.6. The number of thioether (sulfide) groups is 1. The Hall–Kier alpha value is -2.74. The highest BCUT2D eigenvalue weighted by Crippen LogP contribution is 2.27. The normalized spacial score (nSPS) is 14.4. The molecule has 152 valence electrons. The van der Waals surface area contributed by atoms with Crippen molar-refractivity contribution in [2.24, 2.45) is 0 Å². The van der Waals surface area contributed by atoms with Crippen molar-refractivity contribution in [3.8, 4) is 11.5 Å². The van der Waals surface area contributed by atoms with E-state index in [1.165, 1.54) is 28.6 Å². The molecule has 1 amide bonds. The number of carbonyl (C=O) groups is 1. The van der Waals surface area contributed by atoms with Crippen molar-refractivity contribution in [1.82, 2.24) is 15.1 Å². The van der Waals surface area contributed by atoms with Crippen LogP contribution in [0.3, 0.4) is 0 Å². The lowest BCUT2D eigenvalue weighted by Crippen LogP contribution is -2.49. The fourth-order valence-electron chi connectivity index (χ4n) is 3.47. The van der Waals surface area contributed by atoms with Crippen molar-refractivity contribution < 1.29 is 13.6 Å². The Kier molecular flexibility index (Phi) is 5.62. The minimum absolute atomic E-state index is 0.0925. The quantitative estimate of drug-likeness (QED) is 0.592. The van der Waals surface area contributed by atoms with E-state index in [9.17, 15) is 4.79 Å². The summed E-state index contributed by atoms with van der Waals surface area (Å²) in [5.41, 5.74) is 4.64. The van der Waals surface area contributed by atoms with Crippen molar-refractivity contribution in [1.29, 1.82) is 0 Å². The van der Waals surface area contributed by atoms with Crippen molar-refractivity contribution in [2.75, 3.05) is 36.8 Å². The van der Waals surface area contributed by atoms with Crippen molar-refractivity contribution in [2.45, 2.75) is 26.0 Å². The molecule has 8 heteroatoms. The Morgan fingerprint density at radius 2 is 1.90 bits per heavy atom. The molecule has 3 heterocycles. The van der Waals surface area contributed by atoms with E-state index >= 15 is 0 Å². The summed E-state index contributed by atoms with van der Waals surface area (Å²) in [4.78, 5) is 16.9. The Morgan fingerprint density at radius 3 is 2.62 bits per heavy atom. The maximum atomic E-state index is 12.6. The van der Waals surface area contributed by atoms with Gasteiger partial charge in [-0.1, -0.05) is 23.9 Å². The molecule has 7 nitrogen and oxygen atoms in total. The van der Waals surface area contributed by atoms with Crippen molar-refractivity contribution in [3.05, 3.63) is 47.4 Å². The zero-order chi connectivity index (χ0) is 20.4. The molecule has 0 atom stereocenters. The third-order valence-electron chi connectivity index (χ3n) is 5.36. The van der Waals surface area contributed by atoms with Gasteiger partial charge in [0.15, 0.2) is 0 Å². The number of hydrogen-bond acceptors (Lipinski definition) is 7. The van der Waals surface area contributed by atoms with Gasteiger partial charge in [-0.15, -0.1) is 10.2 Å². The van der Waals surface area contributed by atoms with E-state index in [4.69, 9.17) is 8.83 Å². The molecule has 1 saturated heterocycles. The molecule has 1 fully saturated rings. The number of aryl methyl sites for hydroxylation is 2. The molecule has 0 unspecified atom stereocenters. The summed E-state index contributed by atoms with van der Waals surface area (Å²) in [6.07, 6.45) is 1.59. The van der Waals surface area contributed by atoms with E-state index in [-0.39, 0.29) is 11.7 Å². The van der Waals surface area contributed by atoms with Crippen molar-refractivity contribution in [3.63, 3.8) is 0 Å². The third-order valence-corrected chi connectivity index (χ3v) is 6.17. The molecule has 0 aliphatic carbocycles. The van der Waals surface area contributed by atoms with E-state index in [2.05, 4.69) is 47.1 Å². The van der Waals surface area contributed by atoms with Gasteiger partial charge >= 0.3 is 0 Å². The molecule has 0 saturated carbocycles. The van der Waals surface area contributed by atoms with Crippen LogP contribution < -0.4 is 4.90 Å². The molecule has 0 N–H and O–H groups in total. The van der Waals surface area contributed by atoms with Crippen LogP contribution in [0.1, 0.15) is 16.9 Å². The third kappa shape index (κ3) is 4.17. The molecular formula is C21H24N4O3S. The van der Waals surface area contributed by atoms with Gasteiger partial charge in [0.25, 0.3) is 11.1 Å². The lowest BCUT2D eigenvalue weighted by Gasteiger charge is -2.37. The monoisotopic (exact) mass is 412 g/mol. The molecule has 2 aromatic heterocycles. The van der Waals surface area contributed by atoms with Gasteiger partial charge in [-0.3, -0.25) is 4.79 Å². The number of furan rings is 1. The highest BCUT2D eigenvalue weighted by Gasteiger charge is 2.23. The molecule has 1 aliphatic heterocycles. The maximum Gasteiger partial charge on any atom is 0.277 e. The van der Waals surface area contributed by atoms with Crippen LogP contribution in [0.25, 0.3) is 11.5 Å². The molecular weight excluding hydrogens is 388 g/mol. The fourth-order valence-corrected chi connectivity index (χ4v) is 4.14. The Morgan fingerprint density at radius 1 is 1.10 bits per heavy atom. The van der Waals surface area contributed by atoms with E-state index in [1.807, 2.05) is 11.8 Å². The number of anilines is 1. The highest BCUT2D eigenvalue weighted by atomic mass is 32.2. The second-order valence-corrected chi connectivity index (χ2v) is 8.07. The second kappa shape index (κ2) is 8.32. The van der Waals surface area contributed by atoms with Gasteiger partial charge in [0.1, 0.15) is 5.76 Å². The lowest BCUT2D eigenvalue weighted by molar-refractivity contribution is -0.128. The van der Waals surface area contributed by atoms with Crippen LogP contribution >= 0.6 is 11.8 Å². The standard InChI is InChI=1S/C21H24N4O3S/c1-14-5-4-6-18(15(14)2)24-8-10-25(11-9-24)19(26)13-29-21-23-22-20(28-21)17-7-12-27-16(17)3/h4-7,12H,8-11,13H2,1-3H3. The van der Waals surface area contributed by atoms with Gasteiger partial charge in [-0.25, -0.2) is 0 Å². The van der Waals surface area contributed by atoms with Crippen LogP contribution in [0, 0.1) is 20.8 Å². The SMILES string of the molecule is Cc1cccc(N2CCN(C(=O)CSc3nnc(-c4ccoc4C)o3)CC2)c1C. The van der Waals surface area contributed by atoms with Gasteiger partial charge in [0.05, 0.1) is 17.6 Å². The van der Waals surface area contributed by atoms with Crippen LogP contribution in [0.15, 0.2) is 44.6 Å². The number of piperazine rings is 1. The molecule has 3 aromatic rings. The summed E-state index contributed by atoms with van der Waals surface area (Å²) in [7, 11) is 0. The summed E-state index contributed by atoms with van der Waals surface area (Å²) in [6, 6.07) is 8.17. The first-order chi connectivity index (χ1) is 14.0. The molecule has 1 aliphatic rings. The predicted molar refractivity (Wildman–Crippen MR) is 112 cm³/mol. The van der Waals surface area contributed by atoms with E-state index in [0.717, 1.165) is 37.5 Å². The zero-order valence-electron chi connectivity index (χ0n) is 16.8. The number of rotatable bonds is 5. The topological polar surface area (TPSA) is 75.6 Å². The lowest BCUT2D eigenvalue weighted by atomic mass is 10.1. The molecule has 4 rings (SSSR count). The fraction of sp³-hybridized carbons (Fsp3) is 0.381. The van der Waals surface area contributed by atoms with Gasteiger partial charge in [0, 0.05) is 31.9 Å². The first-order valence-electron chi connectivity index (χ1n) is 9.62. The van der Waals surface area contributed by atoms with Gasteiger partial charge in [0.2, 0.25) is 5.91 Å². The average Bonchev–Trinajstić information content (AvgIpc) is 3.37. The van der Waals surface area contributed by atoms with Crippen LogP contribution in [-0.4, -0.2) is 52.9 Å². The summed E-state index contributed by atoms with van der Waals surface area (Å²) in [5, 5.41) is 8.46. The average molecular weight is 413 g/mol. The maximum absolute atomic E-state index is 12.6. The van der Waals surface area contributed by atoms with E-state index in [1.54, 1.807) is 12.3 Å². The van der Waals surface area contributed by atoms with Crippen LogP contribution in [-0.2, 0) is 4.79 Å². The van der Waals surface area contributed by atoms with Crippen LogP contribution in [0.4, 0.5) is 5.69 Å². The molecule has 0 radical (unpaired) electrons. The second-order valence-electron chi connectivity index (χ2n) is 7.14. The van der Waals surface area contributed by atoms with Crippen LogP contribution in [0.2, 0.25) is 0 Å². The number of aromatic nitrogens is 2. The minimum Gasteiger partial charge on any atom is -0.469 e. The van der Waals surface area contributed by atoms with Crippen LogP contribution in [0.5, 0.6) is 0 Å². The number of amides is 1. The van der Waals surface area contributed by atoms with Gasteiger partial charge in [-0.2, -0.15) is 0 Å². The van der Waals surface area contributed by atoms with Gasteiger partial charge < -0.3 is 18.6 Å². The Balaban J connectivity index is 1.30. The predicted octanol–water partition coefficient (Wildman–Crippen LogP) is 3.70. The largest absolute Gasteiger partial charge is 0.469 e. The summed E-state index contributed by atoms with van der Waals surface area (Å²) >= 11 is 1.27. The van der Waals surface area contributed by atoms with Crippen molar-refractivity contribution >= 4 is 23.4 Å². The van der Waals surface area contributed by atoms with Gasteiger partial charge in [-0.05, 0) is 44.0 Å². The molecule has 1 aromatic carbocycles. The summed E-state index contributed by atoms with van der Waals surface area (Å²) in [5.74, 6) is 1.52. The first kappa shape index (κ1) is 19.6. The highest BCUT2D eigenvalue weighted by molar-refractivity contribution is 7.99. The Bertz CT molecular complexity index is 1010. The zero-order valence-corrected chi connectivity index (χ0v) is 17.7. The molecule has 29 heavy (non-hydrogen) atoms. The molecule has 0 spiro atoms. The smallest absolute Gasteiger partial charge is 0.277 e. The van der Waals surface area contributed by atoms with E-state index < -0.39 is 0 Å². The Labute approximate surface area is 174 Å². The molecule has 0 bridgehead atoms. The summed E-state index contributed by atoms with van der Waals surface area (Å²) in [6.45, 7) is 9.24. The van der Waals surface area contributed by atoms with E-state index in [0.29, 0.717) is 11.1 Å². The number of benzene rings is 1. The summed E-state index contributed by atoms with van der Waals surface area (Å²) < 4.78 is 10.9. The number of hydrogen-bond donors (Lipinski definition) is 0.